The predicted octanol–water partition coefficient (Wildman–Crippen LogP) is 2.21. The zero-order chi connectivity index (χ0) is 15.7. The summed E-state index contributed by atoms with van der Waals surface area (Å²) in [6.07, 6.45) is 0. The maximum Gasteiger partial charge on any atom is 0.232 e. The molecule has 1 aromatic rings. The monoisotopic (exact) mass is 308 g/mol. The summed E-state index contributed by atoms with van der Waals surface area (Å²) >= 11 is 1.36. The molecule has 0 heterocycles. The molecule has 0 saturated carbocycles. The molecule has 0 aliphatic carbocycles. The minimum atomic E-state index is -0.0343. The molecule has 4 nitrogen and oxygen atoms in total. The third-order valence-electron chi connectivity index (χ3n) is 3.19. The van der Waals surface area contributed by atoms with Crippen molar-refractivity contribution in [3.8, 4) is 0 Å². The van der Waals surface area contributed by atoms with Gasteiger partial charge in [0.05, 0.1) is 11.5 Å². The van der Waals surface area contributed by atoms with Crippen LogP contribution in [0.15, 0.2) is 24.3 Å². The lowest BCUT2D eigenvalue weighted by molar-refractivity contribution is -0.127. The molecule has 116 valence electrons. The number of carbonyl (C=O) groups excluding carboxylic acids is 2. The highest BCUT2D eigenvalue weighted by atomic mass is 32.2. The number of nitrogens with one attached hydrogen (secondary N) is 1. The lowest BCUT2D eigenvalue weighted by Gasteiger charge is -2.18. The molecule has 0 unspecified atom stereocenters. The number of amides is 2. The van der Waals surface area contributed by atoms with E-state index in [1.165, 1.54) is 17.3 Å². The van der Waals surface area contributed by atoms with Crippen LogP contribution in [0.3, 0.4) is 0 Å². The van der Waals surface area contributed by atoms with E-state index >= 15 is 0 Å². The van der Waals surface area contributed by atoms with Crippen LogP contribution in [0.25, 0.3) is 0 Å². The average molecular weight is 308 g/mol. The van der Waals surface area contributed by atoms with Crippen LogP contribution in [0, 0.1) is 6.92 Å². The average Bonchev–Trinajstić information content (AvgIpc) is 2.48. The van der Waals surface area contributed by atoms with E-state index in [1.807, 2.05) is 45.0 Å². The van der Waals surface area contributed by atoms with Crippen molar-refractivity contribution < 1.29 is 9.59 Å². The molecule has 0 spiro atoms. The van der Waals surface area contributed by atoms with Crippen LogP contribution in [0.4, 0.5) is 0 Å². The smallest absolute Gasteiger partial charge is 0.232 e. The molecule has 1 N–H and O–H groups in total. The van der Waals surface area contributed by atoms with Crippen LogP contribution in [0.2, 0.25) is 0 Å². The predicted molar refractivity (Wildman–Crippen MR) is 88.3 cm³/mol. The summed E-state index contributed by atoms with van der Waals surface area (Å²) in [6.45, 7) is 7.92. The summed E-state index contributed by atoms with van der Waals surface area (Å²) in [6, 6.07) is 8.07. The molecule has 0 fully saturated rings. The van der Waals surface area contributed by atoms with Gasteiger partial charge in [-0.05, 0) is 26.3 Å². The summed E-state index contributed by atoms with van der Waals surface area (Å²) in [5, 5.41) is 2.86. The Balaban J connectivity index is 2.22. The summed E-state index contributed by atoms with van der Waals surface area (Å²) in [7, 11) is 0. The standard InChI is InChI=1S/C16H24N2O2S/c1-4-18(5-2)16(20)12-21-11-15(19)17-10-14-8-6-13(3)7-9-14/h6-9H,4-5,10-12H2,1-3H3,(H,17,19). The molecular formula is C16H24N2O2S. The number of thioether (sulfide) groups is 1. The van der Waals surface area contributed by atoms with Crippen LogP contribution < -0.4 is 5.32 Å². The fourth-order valence-corrected chi connectivity index (χ4v) is 2.60. The number of carbonyl (C=O) groups is 2. The molecule has 0 aliphatic heterocycles. The van der Waals surface area contributed by atoms with E-state index in [4.69, 9.17) is 0 Å². The van der Waals surface area contributed by atoms with Crippen LogP contribution in [-0.4, -0.2) is 41.3 Å². The highest BCUT2D eigenvalue weighted by Gasteiger charge is 2.10. The molecule has 0 saturated heterocycles. The Hall–Kier alpha value is -1.49. The van der Waals surface area contributed by atoms with Gasteiger partial charge in [0.15, 0.2) is 0 Å². The fraction of sp³-hybridized carbons (Fsp3) is 0.500. The van der Waals surface area contributed by atoms with Gasteiger partial charge in [0, 0.05) is 19.6 Å². The normalized spacial score (nSPS) is 10.2. The van der Waals surface area contributed by atoms with E-state index in [0.717, 1.165) is 18.7 Å². The molecular weight excluding hydrogens is 284 g/mol. The Morgan fingerprint density at radius 2 is 1.71 bits per heavy atom. The van der Waals surface area contributed by atoms with Gasteiger partial charge in [-0.25, -0.2) is 0 Å². The molecule has 2 amide bonds. The van der Waals surface area contributed by atoms with E-state index in [2.05, 4.69) is 5.32 Å². The Kier molecular flexibility index (Phi) is 7.90. The van der Waals surface area contributed by atoms with Gasteiger partial charge in [-0.3, -0.25) is 9.59 Å². The molecule has 0 aromatic heterocycles. The van der Waals surface area contributed by atoms with E-state index in [1.54, 1.807) is 4.90 Å². The van der Waals surface area contributed by atoms with Crippen LogP contribution in [0.1, 0.15) is 25.0 Å². The van der Waals surface area contributed by atoms with E-state index in [-0.39, 0.29) is 11.8 Å². The molecule has 0 bridgehead atoms. The van der Waals surface area contributed by atoms with E-state index in [0.29, 0.717) is 18.1 Å². The van der Waals surface area contributed by atoms with Crippen molar-refractivity contribution in [3.63, 3.8) is 0 Å². The number of aryl methyl sites for hydroxylation is 1. The Labute approximate surface area is 131 Å². The van der Waals surface area contributed by atoms with Gasteiger partial charge in [-0.1, -0.05) is 29.8 Å². The number of benzene rings is 1. The summed E-state index contributed by atoms with van der Waals surface area (Å²) < 4.78 is 0. The second kappa shape index (κ2) is 9.45. The van der Waals surface area contributed by atoms with Crippen molar-refractivity contribution in [1.29, 1.82) is 0 Å². The molecule has 0 atom stereocenters. The fourth-order valence-electron chi connectivity index (χ4n) is 1.86. The summed E-state index contributed by atoms with van der Waals surface area (Å²) in [5.74, 6) is 0.739. The third kappa shape index (κ3) is 6.67. The molecule has 0 aliphatic rings. The quantitative estimate of drug-likeness (QED) is 0.801. The van der Waals surface area contributed by atoms with Crippen molar-refractivity contribution in [2.24, 2.45) is 0 Å². The lowest BCUT2D eigenvalue weighted by atomic mass is 10.1. The van der Waals surface area contributed by atoms with Gasteiger partial charge in [-0.15, -0.1) is 11.8 Å². The first-order chi connectivity index (χ1) is 10.1. The van der Waals surface area contributed by atoms with Crippen molar-refractivity contribution in [1.82, 2.24) is 10.2 Å². The summed E-state index contributed by atoms with van der Waals surface area (Å²) in [5.41, 5.74) is 2.29. The van der Waals surface area contributed by atoms with Crippen LogP contribution in [-0.2, 0) is 16.1 Å². The highest BCUT2D eigenvalue weighted by molar-refractivity contribution is 8.00. The Morgan fingerprint density at radius 1 is 1.10 bits per heavy atom. The number of hydrogen-bond donors (Lipinski definition) is 1. The highest BCUT2D eigenvalue weighted by Crippen LogP contribution is 2.04. The van der Waals surface area contributed by atoms with Crippen molar-refractivity contribution in [2.75, 3.05) is 24.6 Å². The van der Waals surface area contributed by atoms with Gasteiger partial charge in [0.1, 0.15) is 0 Å². The molecule has 1 rings (SSSR count). The number of nitrogens with zero attached hydrogens (tertiary/aromatic N) is 1. The minimum absolute atomic E-state index is 0.0343. The minimum Gasteiger partial charge on any atom is -0.351 e. The molecule has 1 aromatic carbocycles. The topological polar surface area (TPSA) is 49.4 Å². The molecule has 5 heteroatoms. The van der Waals surface area contributed by atoms with Gasteiger partial charge >= 0.3 is 0 Å². The molecule has 0 radical (unpaired) electrons. The van der Waals surface area contributed by atoms with E-state index in [9.17, 15) is 9.59 Å². The second-order valence-corrected chi connectivity index (χ2v) is 5.81. The van der Waals surface area contributed by atoms with Crippen molar-refractivity contribution in [2.45, 2.75) is 27.3 Å². The Morgan fingerprint density at radius 3 is 2.29 bits per heavy atom. The van der Waals surface area contributed by atoms with Crippen LogP contribution in [0.5, 0.6) is 0 Å². The maximum atomic E-state index is 11.8. The first-order valence-electron chi connectivity index (χ1n) is 7.24. The largest absolute Gasteiger partial charge is 0.351 e. The zero-order valence-corrected chi connectivity index (χ0v) is 13.8. The third-order valence-corrected chi connectivity index (χ3v) is 4.10. The lowest BCUT2D eigenvalue weighted by Crippen LogP contribution is -2.32. The summed E-state index contributed by atoms with van der Waals surface area (Å²) in [4.78, 5) is 25.3. The van der Waals surface area contributed by atoms with Crippen molar-refractivity contribution >= 4 is 23.6 Å². The van der Waals surface area contributed by atoms with Gasteiger partial charge in [0.2, 0.25) is 11.8 Å². The first kappa shape index (κ1) is 17.6. The first-order valence-corrected chi connectivity index (χ1v) is 8.40. The van der Waals surface area contributed by atoms with E-state index < -0.39 is 0 Å². The van der Waals surface area contributed by atoms with Gasteiger partial charge in [-0.2, -0.15) is 0 Å². The van der Waals surface area contributed by atoms with Gasteiger partial charge < -0.3 is 10.2 Å². The second-order valence-electron chi connectivity index (χ2n) is 4.82. The SMILES string of the molecule is CCN(CC)C(=O)CSCC(=O)NCc1ccc(C)cc1. The maximum absolute atomic E-state index is 11.8. The molecule has 21 heavy (non-hydrogen) atoms. The van der Waals surface area contributed by atoms with Crippen molar-refractivity contribution in [3.05, 3.63) is 35.4 Å². The van der Waals surface area contributed by atoms with Gasteiger partial charge in [0.25, 0.3) is 0 Å². The van der Waals surface area contributed by atoms with Crippen LogP contribution >= 0.6 is 11.8 Å². The Bertz CT molecular complexity index is 456. The number of rotatable bonds is 8. The number of hydrogen-bond acceptors (Lipinski definition) is 3. The zero-order valence-electron chi connectivity index (χ0n) is 13.0.